The maximum absolute atomic E-state index is 9.13. The zero-order chi connectivity index (χ0) is 12.7. The van der Waals surface area contributed by atoms with Gasteiger partial charge in [-0.15, -0.1) is 0 Å². The van der Waals surface area contributed by atoms with Gasteiger partial charge in [-0.2, -0.15) is 0 Å². The van der Waals surface area contributed by atoms with Crippen LogP contribution in [0, 0.1) is 5.92 Å². The van der Waals surface area contributed by atoms with Gasteiger partial charge in [-0.1, -0.05) is 29.8 Å². The standard InChI is InChI=1S/C13H20BrNO2/c1-10(2)13(9-16)15-7-8-17-12-5-3-11(14)4-6-12/h3-6,10,13,15-16H,7-9H2,1-2H3/t13-/m1/s1. The van der Waals surface area contributed by atoms with Crippen molar-refractivity contribution in [2.75, 3.05) is 19.8 Å². The lowest BCUT2D eigenvalue weighted by Gasteiger charge is -2.19. The predicted octanol–water partition coefficient (Wildman–Crippen LogP) is 2.43. The summed E-state index contributed by atoms with van der Waals surface area (Å²) in [4.78, 5) is 0. The highest BCUT2D eigenvalue weighted by Crippen LogP contribution is 2.15. The molecular formula is C13H20BrNO2. The van der Waals surface area contributed by atoms with Crippen LogP contribution >= 0.6 is 15.9 Å². The Bertz CT molecular complexity index is 314. The number of rotatable bonds is 7. The van der Waals surface area contributed by atoms with Crippen LogP contribution in [0.2, 0.25) is 0 Å². The highest BCUT2D eigenvalue weighted by atomic mass is 79.9. The van der Waals surface area contributed by atoms with Crippen molar-refractivity contribution >= 4 is 15.9 Å². The van der Waals surface area contributed by atoms with Crippen molar-refractivity contribution in [3.8, 4) is 5.75 Å². The third-order valence-electron chi connectivity index (χ3n) is 2.59. The van der Waals surface area contributed by atoms with E-state index in [-0.39, 0.29) is 12.6 Å². The SMILES string of the molecule is CC(C)[C@@H](CO)NCCOc1ccc(Br)cc1. The van der Waals surface area contributed by atoms with Crippen LogP contribution < -0.4 is 10.1 Å². The number of benzene rings is 1. The van der Waals surface area contributed by atoms with Gasteiger partial charge in [-0.05, 0) is 30.2 Å². The molecular weight excluding hydrogens is 282 g/mol. The molecule has 4 heteroatoms. The van der Waals surface area contributed by atoms with Crippen LogP contribution in [-0.2, 0) is 0 Å². The fourth-order valence-corrected chi connectivity index (χ4v) is 1.72. The molecule has 1 atom stereocenters. The lowest BCUT2D eigenvalue weighted by Crippen LogP contribution is -2.39. The molecule has 0 aliphatic rings. The lowest BCUT2D eigenvalue weighted by atomic mass is 10.1. The van der Waals surface area contributed by atoms with Gasteiger partial charge in [0.25, 0.3) is 0 Å². The molecule has 0 amide bonds. The average Bonchev–Trinajstić information content (AvgIpc) is 2.31. The Labute approximate surface area is 111 Å². The highest BCUT2D eigenvalue weighted by molar-refractivity contribution is 9.10. The van der Waals surface area contributed by atoms with E-state index >= 15 is 0 Å². The van der Waals surface area contributed by atoms with E-state index < -0.39 is 0 Å². The molecule has 0 fully saturated rings. The molecule has 3 nitrogen and oxygen atoms in total. The normalized spacial score (nSPS) is 12.8. The summed E-state index contributed by atoms with van der Waals surface area (Å²) >= 11 is 3.38. The van der Waals surface area contributed by atoms with Crippen molar-refractivity contribution in [2.24, 2.45) is 5.92 Å². The second-order valence-electron chi connectivity index (χ2n) is 4.29. The molecule has 0 unspecified atom stereocenters. The Morgan fingerprint density at radius 3 is 2.47 bits per heavy atom. The Balaban J connectivity index is 2.22. The van der Waals surface area contributed by atoms with Crippen molar-refractivity contribution in [2.45, 2.75) is 19.9 Å². The Morgan fingerprint density at radius 2 is 1.94 bits per heavy atom. The smallest absolute Gasteiger partial charge is 0.119 e. The molecule has 0 radical (unpaired) electrons. The van der Waals surface area contributed by atoms with Gasteiger partial charge >= 0.3 is 0 Å². The zero-order valence-electron chi connectivity index (χ0n) is 10.3. The van der Waals surface area contributed by atoms with Gasteiger partial charge in [0.2, 0.25) is 0 Å². The molecule has 1 aromatic carbocycles. The lowest BCUT2D eigenvalue weighted by molar-refractivity contribution is 0.202. The topological polar surface area (TPSA) is 41.5 Å². The third-order valence-corrected chi connectivity index (χ3v) is 3.12. The second kappa shape index (κ2) is 7.69. The van der Waals surface area contributed by atoms with Crippen molar-refractivity contribution in [1.82, 2.24) is 5.32 Å². The summed E-state index contributed by atoms with van der Waals surface area (Å²) in [5.41, 5.74) is 0. The first kappa shape index (κ1) is 14.5. The van der Waals surface area contributed by atoms with Crippen LogP contribution in [0.4, 0.5) is 0 Å². The number of aliphatic hydroxyl groups is 1. The first-order valence-electron chi connectivity index (χ1n) is 5.86. The molecule has 96 valence electrons. The minimum Gasteiger partial charge on any atom is -0.492 e. The molecule has 0 spiro atoms. The first-order chi connectivity index (χ1) is 8.13. The number of hydrogen-bond donors (Lipinski definition) is 2. The molecule has 1 rings (SSSR count). The summed E-state index contributed by atoms with van der Waals surface area (Å²) in [7, 11) is 0. The van der Waals surface area contributed by atoms with Gasteiger partial charge in [-0.3, -0.25) is 0 Å². The van der Waals surface area contributed by atoms with Crippen molar-refractivity contribution < 1.29 is 9.84 Å². The fraction of sp³-hybridized carbons (Fsp3) is 0.538. The monoisotopic (exact) mass is 301 g/mol. The summed E-state index contributed by atoms with van der Waals surface area (Å²) < 4.78 is 6.62. The minimum atomic E-state index is 0.142. The summed E-state index contributed by atoms with van der Waals surface area (Å²) in [6.45, 7) is 5.67. The molecule has 1 aromatic rings. The molecule has 0 saturated carbocycles. The van der Waals surface area contributed by atoms with Crippen LogP contribution in [0.15, 0.2) is 28.7 Å². The predicted molar refractivity (Wildman–Crippen MR) is 73.4 cm³/mol. The van der Waals surface area contributed by atoms with Gasteiger partial charge in [-0.25, -0.2) is 0 Å². The van der Waals surface area contributed by atoms with Gasteiger partial charge < -0.3 is 15.2 Å². The maximum atomic E-state index is 9.13. The van der Waals surface area contributed by atoms with Gasteiger partial charge in [0, 0.05) is 17.1 Å². The molecule has 0 heterocycles. The quantitative estimate of drug-likeness (QED) is 0.760. The Morgan fingerprint density at radius 1 is 1.29 bits per heavy atom. The average molecular weight is 302 g/mol. The molecule has 0 saturated heterocycles. The molecule has 0 aromatic heterocycles. The minimum absolute atomic E-state index is 0.142. The van der Waals surface area contributed by atoms with Crippen LogP contribution in [0.3, 0.4) is 0 Å². The van der Waals surface area contributed by atoms with E-state index in [2.05, 4.69) is 35.1 Å². The Kier molecular flexibility index (Phi) is 6.55. The largest absolute Gasteiger partial charge is 0.492 e. The summed E-state index contributed by atoms with van der Waals surface area (Å²) in [6.07, 6.45) is 0. The molecule has 0 aliphatic heterocycles. The first-order valence-corrected chi connectivity index (χ1v) is 6.65. The van der Waals surface area contributed by atoms with Crippen LogP contribution in [0.5, 0.6) is 5.75 Å². The van der Waals surface area contributed by atoms with E-state index in [0.29, 0.717) is 12.5 Å². The van der Waals surface area contributed by atoms with E-state index in [1.54, 1.807) is 0 Å². The summed E-state index contributed by atoms with van der Waals surface area (Å²) in [5.74, 6) is 1.28. The van der Waals surface area contributed by atoms with Crippen molar-refractivity contribution in [3.63, 3.8) is 0 Å². The van der Waals surface area contributed by atoms with Gasteiger partial charge in [0.15, 0.2) is 0 Å². The zero-order valence-corrected chi connectivity index (χ0v) is 11.9. The third kappa shape index (κ3) is 5.52. The Hall–Kier alpha value is -0.580. The number of ether oxygens (including phenoxy) is 1. The van der Waals surface area contributed by atoms with E-state index in [1.165, 1.54) is 0 Å². The van der Waals surface area contributed by atoms with Crippen LogP contribution in [0.1, 0.15) is 13.8 Å². The van der Waals surface area contributed by atoms with Gasteiger partial charge in [0.1, 0.15) is 12.4 Å². The number of halogens is 1. The number of nitrogens with one attached hydrogen (secondary N) is 1. The van der Waals surface area contributed by atoms with Crippen LogP contribution in [-0.4, -0.2) is 30.9 Å². The van der Waals surface area contributed by atoms with E-state index in [1.807, 2.05) is 24.3 Å². The fourth-order valence-electron chi connectivity index (χ4n) is 1.46. The van der Waals surface area contributed by atoms with Crippen LogP contribution in [0.25, 0.3) is 0 Å². The molecule has 17 heavy (non-hydrogen) atoms. The number of aliphatic hydroxyl groups excluding tert-OH is 1. The van der Waals surface area contributed by atoms with E-state index in [0.717, 1.165) is 16.8 Å². The molecule has 0 aliphatic carbocycles. The van der Waals surface area contributed by atoms with Crippen molar-refractivity contribution in [3.05, 3.63) is 28.7 Å². The van der Waals surface area contributed by atoms with E-state index in [9.17, 15) is 0 Å². The highest BCUT2D eigenvalue weighted by Gasteiger charge is 2.10. The summed E-state index contributed by atoms with van der Waals surface area (Å²) in [6, 6.07) is 7.90. The maximum Gasteiger partial charge on any atom is 0.119 e. The van der Waals surface area contributed by atoms with E-state index in [4.69, 9.17) is 9.84 Å². The second-order valence-corrected chi connectivity index (χ2v) is 5.21. The molecule has 0 bridgehead atoms. The molecule has 2 N–H and O–H groups in total. The summed E-state index contributed by atoms with van der Waals surface area (Å²) in [5, 5.41) is 12.4. The van der Waals surface area contributed by atoms with Gasteiger partial charge in [0.05, 0.1) is 6.61 Å². The van der Waals surface area contributed by atoms with Crippen molar-refractivity contribution in [1.29, 1.82) is 0 Å². The number of hydrogen-bond acceptors (Lipinski definition) is 3.